The summed E-state index contributed by atoms with van der Waals surface area (Å²) >= 11 is 5.39. The van der Waals surface area contributed by atoms with Gasteiger partial charge < -0.3 is 10.2 Å². The number of thiocarbonyl (C=S) groups is 1. The molecule has 1 N–H and O–H groups in total. The largest absolute Gasteiger partial charge is 0.349 e. The monoisotopic (exact) mass is 249 g/mol. The maximum Gasteiger partial charge on any atom is 0.175 e. The number of hydrogen-bond acceptors (Lipinski definition) is 2. The number of hydrogen-bond donors (Lipinski definition) is 1. The Morgan fingerprint density at radius 2 is 2.12 bits per heavy atom. The smallest absolute Gasteiger partial charge is 0.175 e. The molecule has 1 heterocycles. The van der Waals surface area contributed by atoms with Crippen LogP contribution in [0.2, 0.25) is 0 Å². The summed E-state index contributed by atoms with van der Waals surface area (Å²) in [4.78, 5) is 4.48. The van der Waals surface area contributed by atoms with Gasteiger partial charge >= 0.3 is 0 Å². The molecule has 1 aliphatic rings. The Morgan fingerprint density at radius 1 is 1.35 bits per heavy atom. The van der Waals surface area contributed by atoms with Gasteiger partial charge in [-0.1, -0.05) is 24.6 Å². The average Bonchev–Trinajstić information content (AvgIpc) is 2.30. The third kappa shape index (κ3) is 2.58. The van der Waals surface area contributed by atoms with Gasteiger partial charge in [-0.2, -0.15) is 0 Å². The van der Waals surface area contributed by atoms with Gasteiger partial charge in [0.25, 0.3) is 0 Å². The van der Waals surface area contributed by atoms with Gasteiger partial charge in [0.15, 0.2) is 5.11 Å². The number of aryl methyl sites for hydroxylation is 2. The number of rotatable bonds is 2. The molecule has 0 radical (unpaired) electrons. The Labute approximate surface area is 108 Å². The molecule has 0 amide bonds. The van der Waals surface area contributed by atoms with Gasteiger partial charge in [0.1, 0.15) is 0 Å². The predicted molar refractivity (Wildman–Crippen MR) is 76.2 cm³/mol. The van der Waals surface area contributed by atoms with E-state index in [1.54, 1.807) is 0 Å². The number of nitrogens with zero attached hydrogens (tertiary/aromatic N) is 2. The Kier molecular flexibility index (Phi) is 3.64. The minimum absolute atomic E-state index is 0.821. The molecule has 1 saturated heterocycles. The lowest BCUT2D eigenvalue weighted by Crippen LogP contribution is -2.56. The van der Waals surface area contributed by atoms with Crippen LogP contribution in [0.25, 0.3) is 0 Å². The van der Waals surface area contributed by atoms with Gasteiger partial charge in [-0.3, -0.25) is 4.90 Å². The molecule has 3 nitrogen and oxygen atoms in total. The first kappa shape index (κ1) is 12.3. The number of anilines is 1. The summed E-state index contributed by atoms with van der Waals surface area (Å²) in [5.74, 6) is 0. The van der Waals surface area contributed by atoms with Crippen LogP contribution in [-0.4, -0.2) is 29.9 Å². The summed E-state index contributed by atoms with van der Waals surface area (Å²) in [5, 5.41) is 4.08. The molecule has 2 rings (SSSR count). The van der Waals surface area contributed by atoms with Gasteiger partial charge in [0.2, 0.25) is 0 Å². The molecule has 1 aromatic carbocycles. The zero-order valence-electron chi connectivity index (χ0n) is 10.7. The molecule has 92 valence electrons. The third-order valence-corrected chi connectivity index (χ3v) is 3.50. The average molecular weight is 249 g/mol. The Balaban J connectivity index is 2.27. The second-order valence-corrected chi connectivity index (χ2v) is 4.87. The summed E-state index contributed by atoms with van der Waals surface area (Å²) < 4.78 is 0. The van der Waals surface area contributed by atoms with Crippen LogP contribution in [0.5, 0.6) is 0 Å². The first-order valence-electron chi connectivity index (χ1n) is 5.96. The molecule has 0 bridgehead atoms. The first-order valence-corrected chi connectivity index (χ1v) is 6.37. The molecule has 17 heavy (non-hydrogen) atoms. The highest BCUT2D eigenvalue weighted by molar-refractivity contribution is 7.80. The van der Waals surface area contributed by atoms with Crippen molar-refractivity contribution < 1.29 is 0 Å². The van der Waals surface area contributed by atoms with Crippen molar-refractivity contribution in [2.75, 3.05) is 24.8 Å². The highest BCUT2D eigenvalue weighted by Gasteiger charge is 2.21. The lowest BCUT2D eigenvalue weighted by Gasteiger charge is -2.38. The zero-order valence-corrected chi connectivity index (χ0v) is 11.5. The number of nitrogens with one attached hydrogen (secondary N) is 1. The predicted octanol–water partition coefficient (Wildman–Crippen LogP) is 2.23. The molecule has 1 fully saturated rings. The third-order valence-electron chi connectivity index (χ3n) is 3.13. The van der Waals surface area contributed by atoms with Crippen LogP contribution in [0.15, 0.2) is 18.2 Å². The van der Waals surface area contributed by atoms with Crippen LogP contribution in [0.3, 0.4) is 0 Å². The van der Waals surface area contributed by atoms with Gasteiger partial charge in [-0.05, 0) is 44.2 Å². The SMILES string of the molecule is CCN1CNC(=S)N(c2ccc(C)cc2C)C1. The molecule has 4 heteroatoms. The topological polar surface area (TPSA) is 18.5 Å². The van der Waals surface area contributed by atoms with Crippen molar-refractivity contribution in [3.63, 3.8) is 0 Å². The molecule has 0 atom stereocenters. The Bertz CT molecular complexity index is 431. The lowest BCUT2D eigenvalue weighted by atomic mass is 10.1. The summed E-state index contributed by atoms with van der Waals surface area (Å²) in [6.45, 7) is 9.15. The Morgan fingerprint density at radius 3 is 2.76 bits per heavy atom. The van der Waals surface area contributed by atoms with Gasteiger partial charge in [-0.15, -0.1) is 0 Å². The van der Waals surface area contributed by atoms with E-state index in [1.165, 1.54) is 16.8 Å². The fraction of sp³-hybridized carbons (Fsp3) is 0.462. The standard InChI is InChI=1S/C13H19N3S/c1-4-15-8-14-13(17)16(9-15)12-6-5-10(2)7-11(12)3/h5-7H,4,8-9H2,1-3H3,(H,14,17). The van der Waals surface area contributed by atoms with Crippen molar-refractivity contribution in [3.05, 3.63) is 29.3 Å². The van der Waals surface area contributed by atoms with Gasteiger partial charge in [0.05, 0.1) is 13.3 Å². The zero-order chi connectivity index (χ0) is 12.4. The maximum atomic E-state index is 5.39. The van der Waals surface area contributed by atoms with Crippen molar-refractivity contribution in [1.29, 1.82) is 0 Å². The fourth-order valence-corrected chi connectivity index (χ4v) is 2.32. The lowest BCUT2D eigenvalue weighted by molar-refractivity contribution is 0.275. The van der Waals surface area contributed by atoms with Crippen molar-refractivity contribution >= 4 is 23.0 Å². The van der Waals surface area contributed by atoms with E-state index in [2.05, 4.69) is 54.1 Å². The summed E-state index contributed by atoms with van der Waals surface area (Å²) in [6.07, 6.45) is 0. The summed E-state index contributed by atoms with van der Waals surface area (Å²) in [6, 6.07) is 6.48. The first-order chi connectivity index (χ1) is 8.11. The van der Waals surface area contributed by atoms with E-state index >= 15 is 0 Å². The fourth-order valence-electron chi connectivity index (χ4n) is 2.09. The molecule has 0 aliphatic carbocycles. The van der Waals surface area contributed by atoms with E-state index < -0.39 is 0 Å². The van der Waals surface area contributed by atoms with Crippen molar-refractivity contribution in [3.8, 4) is 0 Å². The maximum absolute atomic E-state index is 5.39. The minimum Gasteiger partial charge on any atom is -0.349 e. The Hall–Kier alpha value is -1.13. The van der Waals surface area contributed by atoms with Crippen molar-refractivity contribution in [2.45, 2.75) is 20.8 Å². The molecule has 0 unspecified atom stereocenters. The second kappa shape index (κ2) is 5.02. The molecular weight excluding hydrogens is 230 g/mol. The van der Waals surface area contributed by atoms with Gasteiger partial charge in [0, 0.05) is 5.69 Å². The highest BCUT2D eigenvalue weighted by atomic mass is 32.1. The quantitative estimate of drug-likeness (QED) is 0.810. The number of benzene rings is 1. The summed E-state index contributed by atoms with van der Waals surface area (Å²) in [7, 11) is 0. The van der Waals surface area contributed by atoms with Gasteiger partial charge in [-0.25, -0.2) is 0 Å². The van der Waals surface area contributed by atoms with E-state index in [9.17, 15) is 0 Å². The van der Waals surface area contributed by atoms with E-state index in [0.29, 0.717) is 0 Å². The molecule has 1 aliphatic heterocycles. The minimum atomic E-state index is 0.821. The second-order valence-electron chi connectivity index (χ2n) is 4.49. The van der Waals surface area contributed by atoms with Crippen LogP contribution in [0.4, 0.5) is 5.69 Å². The van der Waals surface area contributed by atoms with Crippen LogP contribution < -0.4 is 10.2 Å². The molecule has 0 aromatic heterocycles. The molecule has 1 aromatic rings. The van der Waals surface area contributed by atoms with E-state index in [-0.39, 0.29) is 0 Å². The molecule has 0 spiro atoms. The van der Waals surface area contributed by atoms with Crippen LogP contribution in [0.1, 0.15) is 18.1 Å². The molecule has 0 saturated carbocycles. The summed E-state index contributed by atoms with van der Waals surface area (Å²) in [5.41, 5.74) is 3.76. The van der Waals surface area contributed by atoms with Crippen LogP contribution in [0, 0.1) is 13.8 Å². The van der Waals surface area contributed by atoms with Crippen LogP contribution in [-0.2, 0) is 0 Å². The highest BCUT2D eigenvalue weighted by Crippen LogP contribution is 2.22. The van der Waals surface area contributed by atoms with Crippen molar-refractivity contribution in [2.24, 2.45) is 0 Å². The normalized spacial score (nSPS) is 17.1. The van der Waals surface area contributed by atoms with E-state index in [0.717, 1.165) is 25.0 Å². The molecular formula is C13H19N3S. The van der Waals surface area contributed by atoms with E-state index in [1.807, 2.05) is 0 Å². The van der Waals surface area contributed by atoms with E-state index in [4.69, 9.17) is 12.2 Å². The van der Waals surface area contributed by atoms with Crippen molar-refractivity contribution in [1.82, 2.24) is 10.2 Å². The van der Waals surface area contributed by atoms with Crippen LogP contribution >= 0.6 is 12.2 Å².